The molecule has 2 saturated carbocycles. The van der Waals surface area contributed by atoms with Gasteiger partial charge in [0.15, 0.2) is 0 Å². The highest BCUT2D eigenvalue weighted by molar-refractivity contribution is 5.79. The van der Waals surface area contributed by atoms with Crippen LogP contribution < -0.4 is 0 Å². The van der Waals surface area contributed by atoms with Gasteiger partial charge in [0.2, 0.25) is 5.91 Å². The highest BCUT2D eigenvalue weighted by atomic mass is 16.5. The molecule has 3 nitrogen and oxygen atoms in total. The van der Waals surface area contributed by atoms with E-state index in [9.17, 15) is 4.79 Å². The first-order valence-corrected chi connectivity index (χ1v) is 6.44. The number of hydrogen-bond acceptors (Lipinski definition) is 2. The highest BCUT2D eigenvalue weighted by Gasteiger charge is 2.48. The second-order valence-corrected chi connectivity index (χ2v) is 5.60. The molecule has 0 aliphatic heterocycles. The summed E-state index contributed by atoms with van der Waals surface area (Å²) in [7, 11) is 1.90. The molecule has 0 aromatic rings. The average molecular weight is 225 g/mol. The van der Waals surface area contributed by atoms with Crippen LogP contribution in [0.5, 0.6) is 0 Å². The van der Waals surface area contributed by atoms with E-state index in [0.717, 1.165) is 31.2 Å². The van der Waals surface area contributed by atoms with Gasteiger partial charge in [0.1, 0.15) is 0 Å². The predicted octanol–water partition coefficient (Wildman–Crippen LogP) is 1.92. The molecule has 16 heavy (non-hydrogen) atoms. The van der Waals surface area contributed by atoms with Crippen molar-refractivity contribution in [1.82, 2.24) is 4.90 Å². The van der Waals surface area contributed by atoms with Gasteiger partial charge in [-0.2, -0.15) is 0 Å². The molecule has 2 aliphatic rings. The maximum Gasteiger partial charge on any atom is 0.225 e. The van der Waals surface area contributed by atoms with Crippen molar-refractivity contribution >= 4 is 5.91 Å². The Balaban J connectivity index is 1.68. The minimum atomic E-state index is 0.252. The predicted molar refractivity (Wildman–Crippen MR) is 63.0 cm³/mol. The van der Waals surface area contributed by atoms with Crippen LogP contribution in [0.4, 0.5) is 0 Å². The minimum Gasteiger partial charge on any atom is -0.377 e. The third-order valence-corrected chi connectivity index (χ3v) is 3.85. The van der Waals surface area contributed by atoms with E-state index in [1.54, 1.807) is 0 Å². The van der Waals surface area contributed by atoms with Gasteiger partial charge < -0.3 is 9.64 Å². The molecule has 0 heterocycles. The van der Waals surface area contributed by atoms with Gasteiger partial charge in [-0.25, -0.2) is 0 Å². The number of likely N-dealkylation sites (N-methyl/N-ethyl adjacent to an activating group) is 1. The molecular weight excluding hydrogens is 202 g/mol. The monoisotopic (exact) mass is 225 g/mol. The SMILES string of the molecule is CC(C)OCCN(C)C(=O)C1CC2CC2C1. The van der Waals surface area contributed by atoms with Crippen LogP contribution in [-0.4, -0.2) is 37.1 Å². The number of fused-ring (bicyclic) bond motifs is 1. The van der Waals surface area contributed by atoms with Gasteiger partial charge >= 0.3 is 0 Å². The number of carbonyl (C=O) groups is 1. The van der Waals surface area contributed by atoms with Crippen molar-refractivity contribution in [2.24, 2.45) is 17.8 Å². The van der Waals surface area contributed by atoms with E-state index in [-0.39, 0.29) is 6.10 Å². The van der Waals surface area contributed by atoms with Crippen LogP contribution in [0.1, 0.15) is 33.1 Å². The molecule has 0 aromatic heterocycles. The zero-order valence-electron chi connectivity index (χ0n) is 10.6. The first-order valence-electron chi connectivity index (χ1n) is 6.44. The Morgan fingerprint density at radius 2 is 1.94 bits per heavy atom. The Bertz CT molecular complexity index is 255. The molecular formula is C13H23NO2. The molecule has 3 heteroatoms. The summed E-state index contributed by atoms with van der Waals surface area (Å²) in [4.78, 5) is 13.9. The topological polar surface area (TPSA) is 29.5 Å². The van der Waals surface area contributed by atoms with Crippen molar-refractivity contribution in [3.8, 4) is 0 Å². The van der Waals surface area contributed by atoms with Crippen LogP contribution >= 0.6 is 0 Å². The molecule has 0 spiro atoms. The molecule has 2 rings (SSSR count). The lowest BCUT2D eigenvalue weighted by Crippen LogP contribution is -2.35. The van der Waals surface area contributed by atoms with E-state index in [1.165, 1.54) is 6.42 Å². The summed E-state index contributed by atoms with van der Waals surface area (Å²) in [6.45, 7) is 5.42. The van der Waals surface area contributed by atoms with E-state index in [4.69, 9.17) is 4.74 Å². The minimum absolute atomic E-state index is 0.252. The summed E-state index contributed by atoms with van der Waals surface area (Å²) >= 11 is 0. The Kier molecular flexibility index (Phi) is 3.53. The second kappa shape index (κ2) is 4.74. The summed E-state index contributed by atoms with van der Waals surface area (Å²) in [6.07, 6.45) is 3.91. The van der Waals surface area contributed by atoms with E-state index < -0.39 is 0 Å². The normalized spacial score (nSPS) is 31.6. The first kappa shape index (κ1) is 11.9. The summed E-state index contributed by atoms with van der Waals surface area (Å²) in [5.74, 6) is 2.41. The van der Waals surface area contributed by atoms with Crippen LogP contribution in [0.3, 0.4) is 0 Å². The lowest BCUT2D eigenvalue weighted by atomic mass is 10.0. The van der Waals surface area contributed by atoms with Crippen molar-refractivity contribution in [1.29, 1.82) is 0 Å². The average Bonchev–Trinajstić information content (AvgIpc) is 2.84. The Hall–Kier alpha value is -0.570. The van der Waals surface area contributed by atoms with Crippen LogP contribution in [0.15, 0.2) is 0 Å². The fourth-order valence-corrected chi connectivity index (χ4v) is 2.76. The van der Waals surface area contributed by atoms with Gasteiger partial charge in [0.05, 0.1) is 12.7 Å². The number of hydrogen-bond donors (Lipinski definition) is 0. The van der Waals surface area contributed by atoms with E-state index in [1.807, 2.05) is 25.8 Å². The lowest BCUT2D eigenvalue weighted by Gasteiger charge is -2.22. The molecule has 0 radical (unpaired) electrons. The summed E-state index contributed by atoms with van der Waals surface area (Å²) in [5, 5.41) is 0. The number of nitrogens with zero attached hydrogens (tertiary/aromatic N) is 1. The molecule has 0 saturated heterocycles. The van der Waals surface area contributed by atoms with E-state index in [0.29, 0.717) is 18.4 Å². The van der Waals surface area contributed by atoms with Crippen molar-refractivity contribution in [3.63, 3.8) is 0 Å². The number of carbonyl (C=O) groups excluding carboxylic acids is 1. The first-order chi connectivity index (χ1) is 7.58. The number of rotatable bonds is 5. The van der Waals surface area contributed by atoms with Gasteiger partial charge in [-0.3, -0.25) is 4.79 Å². The fourth-order valence-electron chi connectivity index (χ4n) is 2.76. The molecule has 0 N–H and O–H groups in total. The van der Waals surface area contributed by atoms with Crippen molar-refractivity contribution in [2.75, 3.05) is 20.2 Å². The Morgan fingerprint density at radius 3 is 2.50 bits per heavy atom. The van der Waals surface area contributed by atoms with Gasteiger partial charge in [-0.15, -0.1) is 0 Å². The van der Waals surface area contributed by atoms with E-state index in [2.05, 4.69) is 0 Å². The van der Waals surface area contributed by atoms with Crippen molar-refractivity contribution < 1.29 is 9.53 Å². The van der Waals surface area contributed by atoms with Gasteiger partial charge in [0.25, 0.3) is 0 Å². The molecule has 2 aliphatic carbocycles. The quantitative estimate of drug-likeness (QED) is 0.715. The molecule has 2 atom stereocenters. The van der Waals surface area contributed by atoms with Gasteiger partial charge in [-0.1, -0.05) is 0 Å². The van der Waals surface area contributed by atoms with E-state index >= 15 is 0 Å². The zero-order valence-corrected chi connectivity index (χ0v) is 10.6. The number of amides is 1. The summed E-state index contributed by atoms with van der Waals surface area (Å²) in [5.41, 5.74) is 0. The number of ether oxygens (including phenoxy) is 1. The molecule has 2 unspecified atom stereocenters. The molecule has 92 valence electrons. The van der Waals surface area contributed by atoms with Crippen LogP contribution in [0.25, 0.3) is 0 Å². The maximum atomic E-state index is 12.1. The fraction of sp³-hybridized carbons (Fsp3) is 0.923. The molecule has 1 amide bonds. The molecule has 2 fully saturated rings. The Morgan fingerprint density at radius 1 is 1.31 bits per heavy atom. The third kappa shape index (κ3) is 2.76. The van der Waals surface area contributed by atoms with Gasteiger partial charge in [0, 0.05) is 19.5 Å². The molecule has 0 aromatic carbocycles. The largest absolute Gasteiger partial charge is 0.377 e. The summed E-state index contributed by atoms with van der Waals surface area (Å²) < 4.78 is 5.46. The second-order valence-electron chi connectivity index (χ2n) is 5.60. The van der Waals surface area contributed by atoms with Crippen LogP contribution in [0.2, 0.25) is 0 Å². The molecule has 0 bridgehead atoms. The van der Waals surface area contributed by atoms with Crippen molar-refractivity contribution in [3.05, 3.63) is 0 Å². The van der Waals surface area contributed by atoms with Crippen molar-refractivity contribution in [2.45, 2.75) is 39.2 Å². The smallest absolute Gasteiger partial charge is 0.225 e. The summed E-state index contributed by atoms with van der Waals surface area (Å²) in [6, 6.07) is 0. The third-order valence-electron chi connectivity index (χ3n) is 3.85. The van der Waals surface area contributed by atoms with Crippen LogP contribution in [0, 0.1) is 17.8 Å². The van der Waals surface area contributed by atoms with Gasteiger partial charge in [-0.05, 0) is 44.9 Å². The van der Waals surface area contributed by atoms with Crippen LogP contribution in [-0.2, 0) is 9.53 Å². The Labute approximate surface area is 98.1 Å². The zero-order chi connectivity index (χ0) is 11.7. The lowest BCUT2D eigenvalue weighted by molar-refractivity contribution is -0.135. The maximum absolute atomic E-state index is 12.1. The standard InChI is InChI=1S/C13H23NO2/c1-9(2)16-5-4-14(3)13(15)12-7-10-6-11(10)8-12/h9-12H,4-8H2,1-3H3. The highest BCUT2D eigenvalue weighted by Crippen LogP contribution is 2.54.